The van der Waals surface area contributed by atoms with Crippen molar-refractivity contribution >= 4 is 5.91 Å². The monoisotopic (exact) mass is 254 g/mol. The Morgan fingerprint density at radius 1 is 1.22 bits per heavy atom. The Morgan fingerprint density at radius 3 is 2.56 bits per heavy atom. The van der Waals surface area contributed by atoms with Crippen LogP contribution >= 0.6 is 0 Å². The van der Waals surface area contributed by atoms with Crippen molar-refractivity contribution in [3.8, 4) is 0 Å². The summed E-state index contributed by atoms with van der Waals surface area (Å²) in [7, 11) is 0. The lowest BCUT2D eigenvalue weighted by molar-refractivity contribution is -0.136. The molecule has 1 N–H and O–H groups in total. The summed E-state index contributed by atoms with van der Waals surface area (Å²) < 4.78 is 0. The molecular formula is C14H26N2O2. The summed E-state index contributed by atoms with van der Waals surface area (Å²) in [6.07, 6.45) is 5.48. The molecule has 18 heavy (non-hydrogen) atoms. The van der Waals surface area contributed by atoms with Crippen molar-refractivity contribution in [3.63, 3.8) is 0 Å². The van der Waals surface area contributed by atoms with E-state index in [0.717, 1.165) is 45.4 Å². The van der Waals surface area contributed by atoms with Gasteiger partial charge in [-0.15, -0.1) is 0 Å². The normalized spacial score (nSPS) is 29.8. The molecule has 4 heteroatoms. The van der Waals surface area contributed by atoms with E-state index in [-0.39, 0.29) is 17.9 Å². The third-order valence-corrected chi connectivity index (χ3v) is 4.66. The number of hydrogen-bond donors (Lipinski definition) is 1. The van der Waals surface area contributed by atoms with E-state index in [1.165, 1.54) is 12.8 Å². The summed E-state index contributed by atoms with van der Waals surface area (Å²) in [4.78, 5) is 16.5. The zero-order valence-electron chi connectivity index (χ0n) is 11.5. The Hall–Kier alpha value is -0.610. The molecule has 2 heterocycles. The van der Waals surface area contributed by atoms with E-state index in [9.17, 15) is 9.90 Å². The Labute approximate surface area is 110 Å². The molecule has 0 aromatic heterocycles. The van der Waals surface area contributed by atoms with E-state index in [1.54, 1.807) is 0 Å². The highest BCUT2D eigenvalue weighted by Gasteiger charge is 2.35. The molecule has 2 rings (SSSR count). The highest BCUT2D eigenvalue weighted by molar-refractivity contribution is 5.78. The number of aliphatic hydroxyl groups is 1. The van der Waals surface area contributed by atoms with Crippen LogP contribution in [0.15, 0.2) is 0 Å². The third-order valence-electron chi connectivity index (χ3n) is 4.66. The molecule has 4 nitrogen and oxygen atoms in total. The summed E-state index contributed by atoms with van der Waals surface area (Å²) in [6, 6.07) is 0. The van der Waals surface area contributed by atoms with Crippen LogP contribution in [-0.2, 0) is 4.79 Å². The highest BCUT2D eigenvalue weighted by atomic mass is 16.3. The predicted octanol–water partition coefficient (Wildman–Crippen LogP) is 1.09. The average Bonchev–Trinajstić information content (AvgIpc) is 2.91. The maximum Gasteiger partial charge on any atom is 0.236 e. The van der Waals surface area contributed by atoms with E-state index in [2.05, 4.69) is 11.8 Å². The van der Waals surface area contributed by atoms with Crippen LogP contribution in [0.5, 0.6) is 0 Å². The Bertz CT molecular complexity index is 284. The first-order valence-corrected chi connectivity index (χ1v) is 7.30. The average molecular weight is 254 g/mol. The number of rotatable bonds is 4. The van der Waals surface area contributed by atoms with Crippen LogP contribution in [-0.4, -0.2) is 60.1 Å². The number of carbonyl (C=O) groups excluding carboxylic acids is 1. The van der Waals surface area contributed by atoms with Gasteiger partial charge < -0.3 is 10.0 Å². The van der Waals surface area contributed by atoms with E-state index in [1.807, 2.05) is 4.90 Å². The van der Waals surface area contributed by atoms with Crippen LogP contribution in [0.1, 0.15) is 39.0 Å². The zero-order chi connectivity index (χ0) is 13.0. The van der Waals surface area contributed by atoms with Crippen molar-refractivity contribution in [3.05, 3.63) is 0 Å². The zero-order valence-corrected chi connectivity index (χ0v) is 11.5. The lowest BCUT2D eigenvalue weighted by atomic mass is 9.78. The van der Waals surface area contributed by atoms with E-state index >= 15 is 0 Å². The fourth-order valence-corrected chi connectivity index (χ4v) is 3.18. The smallest absolute Gasteiger partial charge is 0.236 e. The quantitative estimate of drug-likeness (QED) is 0.817. The number of amides is 1. The van der Waals surface area contributed by atoms with Gasteiger partial charge in [0.05, 0.1) is 13.2 Å². The van der Waals surface area contributed by atoms with Gasteiger partial charge in [0.25, 0.3) is 0 Å². The molecule has 0 aromatic rings. The summed E-state index contributed by atoms with van der Waals surface area (Å²) in [5, 5.41) is 9.58. The van der Waals surface area contributed by atoms with Crippen molar-refractivity contribution in [2.75, 3.05) is 39.3 Å². The second kappa shape index (κ2) is 6.02. The van der Waals surface area contributed by atoms with Gasteiger partial charge in [0.2, 0.25) is 5.91 Å². The number of piperidine rings is 1. The van der Waals surface area contributed by atoms with Gasteiger partial charge in [0.1, 0.15) is 0 Å². The lowest BCUT2D eigenvalue weighted by Crippen LogP contribution is -2.50. The maximum atomic E-state index is 12.3. The minimum absolute atomic E-state index is 0.0427. The summed E-state index contributed by atoms with van der Waals surface area (Å²) in [5.74, 6) is 0.253. The van der Waals surface area contributed by atoms with Crippen molar-refractivity contribution in [2.24, 2.45) is 5.41 Å². The minimum Gasteiger partial charge on any atom is -0.396 e. The molecule has 0 aromatic carbocycles. The number of aliphatic hydroxyl groups excluding tert-OH is 1. The number of likely N-dealkylation sites (tertiary alicyclic amines) is 2. The first-order valence-electron chi connectivity index (χ1n) is 7.30. The highest BCUT2D eigenvalue weighted by Crippen LogP contribution is 2.32. The molecule has 1 amide bonds. The molecule has 2 aliphatic heterocycles. The van der Waals surface area contributed by atoms with E-state index < -0.39 is 0 Å². The number of carbonyl (C=O) groups is 1. The van der Waals surface area contributed by atoms with Crippen LogP contribution < -0.4 is 0 Å². The lowest BCUT2D eigenvalue weighted by Gasteiger charge is -2.41. The summed E-state index contributed by atoms with van der Waals surface area (Å²) in [6.45, 7) is 6.64. The van der Waals surface area contributed by atoms with E-state index in [0.29, 0.717) is 6.54 Å². The van der Waals surface area contributed by atoms with Crippen LogP contribution in [0.4, 0.5) is 0 Å². The van der Waals surface area contributed by atoms with E-state index in [4.69, 9.17) is 0 Å². The molecular weight excluding hydrogens is 228 g/mol. The van der Waals surface area contributed by atoms with Crippen LogP contribution in [0.2, 0.25) is 0 Å². The van der Waals surface area contributed by atoms with Gasteiger partial charge >= 0.3 is 0 Å². The van der Waals surface area contributed by atoms with Crippen LogP contribution in [0.3, 0.4) is 0 Å². The van der Waals surface area contributed by atoms with Gasteiger partial charge in [-0.05, 0) is 45.2 Å². The number of nitrogens with zero attached hydrogens (tertiary/aromatic N) is 2. The van der Waals surface area contributed by atoms with Gasteiger partial charge in [-0.25, -0.2) is 0 Å². The molecule has 1 atom stereocenters. The van der Waals surface area contributed by atoms with Crippen molar-refractivity contribution in [2.45, 2.75) is 39.0 Å². The molecule has 0 spiro atoms. The Balaban J connectivity index is 1.89. The molecule has 0 unspecified atom stereocenters. The minimum atomic E-state index is -0.0427. The van der Waals surface area contributed by atoms with Gasteiger partial charge in [-0.2, -0.15) is 0 Å². The molecule has 2 saturated heterocycles. The molecule has 2 aliphatic rings. The fraction of sp³-hybridized carbons (Fsp3) is 0.929. The Kier molecular flexibility index (Phi) is 4.62. The third kappa shape index (κ3) is 3.04. The molecule has 104 valence electrons. The predicted molar refractivity (Wildman–Crippen MR) is 71.3 cm³/mol. The molecule has 0 bridgehead atoms. The summed E-state index contributed by atoms with van der Waals surface area (Å²) >= 11 is 0. The second-order valence-electron chi connectivity index (χ2n) is 5.91. The first kappa shape index (κ1) is 13.8. The fourth-order valence-electron chi connectivity index (χ4n) is 3.18. The largest absolute Gasteiger partial charge is 0.396 e. The van der Waals surface area contributed by atoms with Gasteiger partial charge in [-0.1, -0.05) is 6.92 Å². The molecule has 0 radical (unpaired) electrons. The Morgan fingerprint density at radius 2 is 1.94 bits per heavy atom. The maximum absolute atomic E-state index is 12.3. The van der Waals surface area contributed by atoms with Gasteiger partial charge in [0, 0.05) is 18.5 Å². The number of hydrogen-bond acceptors (Lipinski definition) is 3. The van der Waals surface area contributed by atoms with Gasteiger partial charge in [0.15, 0.2) is 0 Å². The molecule has 0 saturated carbocycles. The second-order valence-corrected chi connectivity index (χ2v) is 5.91. The van der Waals surface area contributed by atoms with Crippen molar-refractivity contribution in [1.29, 1.82) is 0 Å². The van der Waals surface area contributed by atoms with Crippen molar-refractivity contribution < 1.29 is 9.90 Å². The standard InChI is InChI=1S/C14H26N2O2/c1-2-14(12-17)6-5-9-16(11-14)13(18)10-15-7-3-4-8-15/h17H,2-12H2,1H3/t14-/m0/s1. The van der Waals surface area contributed by atoms with Crippen LogP contribution in [0, 0.1) is 5.41 Å². The molecule has 2 fully saturated rings. The SMILES string of the molecule is CC[C@]1(CO)CCCN(C(=O)CN2CCCC2)C1. The van der Waals surface area contributed by atoms with Crippen molar-refractivity contribution in [1.82, 2.24) is 9.80 Å². The molecule has 0 aliphatic carbocycles. The first-order chi connectivity index (χ1) is 8.69. The van der Waals surface area contributed by atoms with Gasteiger partial charge in [-0.3, -0.25) is 9.69 Å². The summed E-state index contributed by atoms with van der Waals surface area (Å²) in [5.41, 5.74) is -0.0427. The van der Waals surface area contributed by atoms with Crippen LogP contribution in [0.25, 0.3) is 0 Å². The topological polar surface area (TPSA) is 43.8 Å².